The van der Waals surface area contributed by atoms with E-state index in [4.69, 9.17) is 4.74 Å². The van der Waals surface area contributed by atoms with Crippen molar-refractivity contribution in [2.24, 2.45) is 5.92 Å². The van der Waals surface area contributed by atoms with Crippen molar-refractivity contribution in [1.82, 2.24) is 0 Å². The quantitative estimate of drug-likeness (QED) is 0.833. The van der Waals surface area contributed by atoms with Crippen molar-refractivity contribution < 1.29 is 4.74 Å². The summed E-state index contributed by atoms with van der Waals surface area (Å²) in [6, 6.07) is 8.38. The average Bonchev–Trinajstić information content (AvgIpc) is 2.93. The van der Waals surface area contributed by atoms with Crippen molar-refractivity contribution >= 4 is 5.69 Å². The Kier molecular flexibility index (Phi) is 3.53. The van der Waals surface area contributed by atoms with Crippen LogP contribution < -0.4 is 5.32 Å². The predicted molar refractivity (Wildman–Crippen MR) is 72.1 cm³/mol. The molecule has 2 nitrogen and oxygen atoms in total. The zero-order valence-corrected chi connectivity index (χ0v) is 10.9. The van der Waals surface area contributed by atoms with E-state index in [1.54, 1.807) is 0 Å². The van der Waals surface area contributed by atoms with Crippen molar-refractivity contribution in [1.29, 1.82) is 0 Å². The molecule has 0 aromatic heterocycles. The van der Waals surface area contributed by atoms with Crippen LogP contribution in [-0.4, -0.2) is 12.2 Å². The van der Waals surface area contributed by atoms with Crippen LogP contribution in [0.3, 0.4) is 0 Å². The van der Waals surface area contributed by atoms with E-state index in [2.05, 4.69) is 49.5 Å². The Bertz CT molecular complexity index is 396. The first-order valence-electron chi connectivity index (χ1n) is 6.31. The molecule has 1 aliphatic carbocycles. The number of benzene rings is 1. The molecular formula is C15H21NO. The van der Waals surface area contributed by atoms with Crippen LogP contribution in [0.25, 0.3) is 0 Å². The first-order valence-corrected chi connectivity index (χ1v) is 6.31. The maximum Gasteiger partial charge on any atom is 0.0909 e. The third kappa shape index (κ3) is 2.89. The van der Waals surface area contributed by atoms with E-state index in [9.17, 15) is 0 Å². The van der Waals surface area contributed by atoms with Crippen molar-refractivity contribution in [3.8, 4) is 0 Å². The maximum absolute atomic E-state index is 5.78. The third-order valence-corrected chi connectivity index (χ3v) is 3.38. The number of aryl methyl sites for hydroxylation is 1. The largest absolute Gasteiger partial charge is 0.371 e. The molecule has 1 fully saturated rings. The molecule has 1 aromatic rings. The van der Waals surface area contributed by atoms with E-state index in [0.717, 1.165) is 18.7 Å². The molecule has 0 heterocycles. The van der Waals surface area contributed by atoms with Gasteiger partial charge in [-0.3, -0.25) is 0 Å². The fourth-order valence-corrected chi connectivity index (χ4v) is 2.10. The summed E-state index contributed by atoms with van der Waals surface area (Å²) in [5, 5.41) is 3.29. The summed E-state index contributed by atoms with van der Waals surface area (Å²) in [6.45, 7) is 7.15. The SMILES string of the molecule is CCOC1(/C=C\Nc2ccc(C)cc2)CC1C. The lowest BCUT2D eigenvalue weighted by atomic mass is 10.2. The summed E-state index contributed by atoms with van der Waals surface area (Å²) < 4.78 is 5.78. The standard InChI is InChI=1S/C15H21NO/c1-4-17-15(11-13(15)3)9-10-16-14-7-5-12(2)6-8-14/h5-10,13,16H,4,11H2,1-3H3/b10-9-. The second-order valence-electron chi connectivity index (χ2n) is 4.84. The van der Waals surface area contributed by atoms with Gasteiger partial charge in [0.25, 0.3) is 0 Å². The first kappa shape index (κ1) is 12.2. The highest BCUT2D eigenvalue weighted by atomic mass is 16.5. The minimum absolute atomic E-state index is 0.00749. The van der Waals surface area contributed by atoms with Crippen LogP contribution >= 0.6 is 0 Å². The molecule has 2 unspecified atom stereocenters. The number of nitrogens with one attached hydrogen (secondary N) is 1. The molecular weight excluding hydrogens is 210 g/mol. The van der Waals surface area contributed by atoms with Crippen LogP contribution in [0.1, 0.15) is 25.8 Å². The van der Waals surface area contributed by atoms with E-state index in [0.29, 0.717) is 5.92 Å². The third-order valence-electron chi connectivity index (χ3n) is 3.38. The van der Waals surface area contributed by atoms with E-state index < -0.39 is 0 Å². The van der Waals surface area contributed by atoms with E-state index in [1.807, 2.05) is 13.1 Å². The van der Waals surface area contributed by atoms with Gasteiger partial charge in [-0.1, -0.05) is 24.6 Å². The lowest BCUT2D eigenvalue weighted by molar-refractivity contribution is 0.0670. The maximum atomic E-state index is 5.78. The van der Waals surface area contributed by atoms with Crippen LogP contribution in [0.15, 0.2) is 36.5 Å². The second kappa shape index (κ2) is 4.92. The highest BCUT2D eigenvalue weighted by Crippen LogP contribution is 2.47. The van der Waals surface area contributed by atoms with Crippen LogP contribution in [-0.2, 0) is 4.74 Å². The molecule has 1 N–H and O–H groups in total. The molecule has 0 spiro atoms. The molecule has 2 atom stereocenters. The zero-order chi connectivity index (χ0) is 12.3. The number of ether oxygens (including phenoxy) is 1. The molecule has 17 heavy (non-hydrogen) atoms. The molecule has 2 heteroatoms. The van der Waals surface area contributed by atoms with Crippen molar-refractivity contribution in [3.05, 3.63) is 42.1 Å². The highest BCUT2D eigenvalue weighted by molar-refractivity contribution is 5.47. The van der Waals surface area contributed by atoms with Crippen molar-refractivity contribution in [2.75, 3.05) is 11.9 Å². The molecule has 0 radical (unpaired) electrons. The van der Waals surface area contributed by atoms with Gasteiger partial charge in [-0.15, -0.1) is 0 Å². The van der Waals surface area contributed by atoms with Crippen molar-refractivity contribution in [3.63, 3.8) is 0 Å². The average molecular weight is 231 g/mol. The lowest BCUT2D eigenvalue weighted by Gasteiger charge is -2.11. The van der Waals surface area contributed by atoms with Gasteiger partial charge in [0.15, 0.2) is 0 Å². The first-order chi connectivity index (χ1) is 8.16. The Balaban J connectivity index is 1.91. The molecule has 1 aromatic carbocycles. The Morgan fingerprint density at radius 3 is 2.59 bits per heavy atom. The highest BCUT2D eigenvalue weighted by Gasteiger charge is 2.50. The molecule has 1 saturated carbocycles. The fourth-order valence-electron chi connectivity index (χ4n) is 2.10. The van der Waals surface area contributed by atoms with Gasteiger partial charge in [0.1, 0.15) is 0 Å². The number of hydrogen-bond donors (Lipinski definition) is 1. The van der Waals surface area contributed by atoms with Gasteiger partial charge >= 0.3 is 0 Å². The Hall–Kier alpha value is -1.28. The minimum Gasteiger partial charge on any atom is -0.371 e. The molecule has 2 rings (SSSR count). The van der Waals surface area contributed by atoms with Gasteiger partial charge in [0.2, 0.25) is 0 Å². The van der Waals surface area contributed by atoms with Crippen LogP contribution in [0.4, 0.5) is 5.69 Å². The van der Waals surface area contributed by atoms with E-state index in [-0.39, 0.29) is 5.60 Å². The van der Waals surface area contributed by atoms with Gasteiger partial charge in [0, 0.05) is 12.3 Å². The Morgan fingerprint density at radius 2 is 2.06 bits per heavy atom. The van der Waals surface area contributed by atoms with Crippen molar-refractivity contribution in [2.45, 2.75) is 32.8 Å². The van der Waals surface area contributed by atoms with Gasteiger partial charge in [-0.2, -0.15) is 0 Å². The normalized spacial score (nSPS) is 27.4. The number of anilines is 1. The monoisotopic (exact) mass is 231 g/mol. The summed E-state index contributed by atoms with van der Waals surface area (Å²) in [5.74, 6) is 0.638. The van der Waals surface area contributed by atoms with E-state index >= 15 is 0 Å². The summed E-state index contributed by atoms with van der Waals surface area (Å²) in [4.78, 5) is 0. The Labute approximate surface area is 104 Å². The zero-order valence-electron chi connectivity index (χ0n) is 10.9. The molecule has 92 valence electrons. The van der Waals surface area contributed by atoms with Gasteiger partial charge in [-0.05, 0) is 50.6 Å². The summed E-state index contributed by atoms with van der Waals surface area (Å²) in [5.41, 5.74) is 2.39. The van der Waals surface area contributed by atoms with Crippen LogP contribution in [0, 0.1) is 12.8 Å². The summed E-state index contributed by atoms with van der Waals surface area (Å²) in [7, 11) is 0. The van der Waals surface area contributed by atoms with Crippen LogP contribution in [0.5, 0.6) is 0 Å². The summed E-state index contributed by atoms with van der Waals surface area (Å²) >= 11 is 0. The van der Waals surface area contributed by atoms with Gasteiger partial charge in [0.05, 0.1) is 5.60 Å². The second-order valence-corrected chi connectivity index (χ2v) is 4.84. The fraction of sp³-hybridized carbons (Fsp3) is 0.467. The smallest absolute Gasteiger partial charge is 0.0909 e. The minimum atomic E-state index is -0.00749. The molecule has 0 bridgehead atoms. The number of rotatable bonds is 5. The van der Waals surface area contributed by atoms with Gasteiger partial charge < -0.3 is 10.1 Å². The van der Waals surface area contributed by atoms with E-state index in [1.165, 1.54) is 5.56 Å². The Morgan fingerprint density at radius 1 is 1.41 bits per heavy atom. The summed E-state index contributed by atoms with van der Waals surface area (Å²) in [6.07, 6.45) is 5.29. The molecule has 1 aliphatic rings. The molecule has 0 aliphatic heterocycles. The predicted octanol–water partition coefficient (Wildman–Crippen LogP) is 3.74. The topological polar surface area (TPSA) is 21.3 Å². The number of hydrogen-bond acceptors (Lipinski definition) is 2. The molecule has 0 saturated heterocycles. The lowest BCUT2D eigenvalue weighted by Crippen LogP contribution is -2.13. The molecule has 0 amide bonds. The van der Waals surface area contributed by atoms with Crippen LogP contribution in [0.2, 0.25) is 0 Å². The van der Waals surface area contributed by atoms with Gasteiger partial charge in [-0.25, -0.2) is 0 Å².